The molecule has 15 heavy (non-hydrogen) atoms. The number of nitrogens with one attached hydrogen (secondary N) is 1. The van der Waals surface area contributed by atoms with E-state index in [1.54, 1.807) is 0 Å². The molecule has 4 nitrogen and oxygen atoms in total. The van der Waals surface area contributed by atoms with Gasteiger partial charge in [-0.05, 0) is 26.2 Å². The van der Waals surface area contributed by atoms with E-state index in [1.165, 1.54) is 0 Å². The first kappa shape index (κ1) is 11.3. The maximum atomic E-state index is 6.31. The number of hydrogen-bond donors (Lipinski definition) is 2. The predicted octanol–water partition coefficient (Wildman–Crippen LogP) is 0.263. The molecule has 2 rings (SSSR count). The van der Waals surface area contributed by atoms with Crippen molar-refractivity contribution in [3.05, 3.63) is 0 Å². The van der Waals surface area contributed by atoms with Crippen LogP contribution in [0.3, 0.4) is 0 Å². The molecular formula is C11H22N2O2. The van der Waals surface area contributed by atoms with E-state index >= 15 is 0 Å². The molecule has 0 aromatic rings. The first-order chi connectivity index (χ1) is 7.12. The normalized spacial score (nSPS) is 35.6. The van der Waals surface area contributed by atoms with Crippen molar-refractivity contribution >= 4 is 0 Å². The summed E-state index contributed by atoms with van der Waals surface area (Å²) in [4.78, 5) is 0. The lowest BCUT2D eigenvalue weighted by Crippen LogP contribution is -2.57. The highest BCUT2D eigenvalue weighted by Crippen LogP contribution is 2.21. The third kappa shape index (κ3) is 2.91. The minimum Gasteiger partial charge on any atom is -0.381 e. The standard InChI is InChI=1S/C11H22N2O2/c1-10(2-5-15-9-10)13-8-11(12)3-6-14-7-4-11/h13H,2-9,12H2,1H3. The van der Waals surface area contributed by atoms with E-state index in [9.17, 15) is 0 Å². The van der Waals surface area contributed by atoms with Crippen LogP contribution in [-0.2, 0) is 9.47 Å². The predicted molar refractivity (Wildman–Crippen MR) is 58.8 cm³/mol. The van der Waals surface area contributed by atoms with Gasteiger partial charge in [0.25, 0.3) is 0 Å². The van der Waals surface area contributed by atoms with Crippen LogP contribution in [0.5, 0.6) is 0 Å². The zero-order valence-electron chi connectivity index (χ0n) is 9.55. The monoisotopic (exact) mass is 214 g/mol. The molecule has 0 amide bonds. The summed E-state index contributed by atoms with van der Waals surface area (Å²) in [6.45, 7) is 6.35. The molecule has 0 radical (unpaired) electrons. The highest BCUT2D eigenvalue weighted by Gasteiger charge is 2.34. The fraction of sp³-hybridized carbons (Fsp3) is 1.00. The second-order valence-corrected chi connectivity index (χ2v) is 5.19. The van der Waals surface area contributed by atoms with Crippen LogP contribution < -0.4 is 11.1 Å². The van der Waals surface area contributed by atoms with E-state index < -0.39 is 0 Å². The molecule has 2 aliphatic rings. The molecule has 0 spiro atoms. The van der Waals surface area contributed by atoms with Gasteiger partial charge in [0.2, 0.25) is 0 Å². The zero-order chi connectivity index (χ0) is 10.8. The van der Waals surface area contributed by atoms with Crippen molar-refractivity contribution in [1.29, 1.82) is 0 Å². The maximum Gasteiger partial charge on any atom is 0.0646 e. The Morgan fingerprint density at radius 3 is 2.40 bits per heavy atom. The van der Waals surface area contributed by atoms with Gasteiger partial charge < -0.3 is 20.5 Å². The molecule has 1 atom stereocenters. The summed E-state index contributed by atoms with van der Waals surface area (Å²) in [5.74, 6) is 0. The third-order valence-electron chi connectivity index (χ3n) is 3.57. The fourth-order valence-electron chi connectivity index (χ4n) is 2.15. The van der Waals surface area contributed by atoms with Crippen LogP contribution in [0.25, 0.3) is 0 Å². The second kappa shape index (κ2) is 4.37. The van der Waals surface area contributed by atoms with Crippen LogP contribution in [0.1, 0.15) is 26.2 Å². The van der Waals surface area contributed by atoms with Crippen molar-refractivity contribution in [1.82, 2.24) is 5.32 Å². The summed E-state index contributed by atoms with van der Waals surface area (Å²) in [5, 5.41) is 3.56. The van der Waals surface area contributed by atoms with E-state index in [1.807, 2.05) is 0 Å². The average molecular weight is 214 g/mol. The highest BCUT2D eigenvalue weighted by atomic mass is 16.5. The molecule has 0 aromatic heterocycles. The second-order valence-electron chi connectivity index (χ2n) is 5.19. The number of nitrogens with two attached hydrogens (primary N) is 1. The Kier molecular flexibility index (Phi) is 3.30. The first-order valence-corrected chi connectivity index (χ1v) is 5.81. The molecule has 4 heteroatoms. The molecule has 0 aliphatic carbocycles. The summed E-state index contributed by atoms with van der Waals surface area (Å²) in [6, 6.07) is 0. The van der Waals surface area contributed by atoms with E-state index in [2.05, 4.69) is 12.2 Å². The third-order valence-corrected chi connectivity index (χ3v) is 3.57. The van der Waals surface area contributed by atoms with Crippen molar-refractivity contribution in [2.45, 2.75) is 37.3 Å². The van der Waals surface area contributed by atoms with Crippen LogP contribution in [0, 0.1) is 0 Å². The van der Waals surface area contributed by atoms with Crippen molar-refractivity contribution in [2.75, 3.05) is 33.0 Å². The minimum absolute atomic E-state index is 0.0795. The summed E-state index contributed by atoms with van der Waals surface area (Å²) < 4.78 is 10.7. The first-order valence-electron chi connectivity index (χ1n) is 5.81. The Bertz CT molecular complexity index is 209. The lowest BCUT2D eigenvalue weighted by Gasteiger charge is -2.36. The van der Waals surface area contributed by atoms with Gasteiger partial charge in [0.1, 0.15) is 0 Å². The Morgan fingerprint density at radius 1 is 1.13 bits per heavy atom. The number of hydrogen-bond acceptors (Lipinski definition) is 4. The van der Waals surface area contributed by atoms with Crippen molar-refractivity contribution < 1.29 is 9.47 Å². The quantitative estimate of drug-likeness (QED) is 0.708. The van der Waals surface area contributed by atoms with Gasteiger partial charge in [0, 0.05) is 37.4 Å². The molecule has 0 bridgehead atoms. The van der Waals surface area contributed by atoms with Crippen LogP contribution in [0.2, 0.25) is 0 Å². The van der Waals surface area contributed by atoms with Gasteiger partial charge in [-0.1, -0.05) is 0 Å². The summed E-state index contributed by atoms with van der Waals surface area (Å²) in [5.41, 5.74) is 6.36. The minimum atomic E-state index is -0.0795. The zero-order valence-corrected chi connectivity index (χ0v) is 9.55. The van der Waals surface area contributed by atoms with Crippen molar-refractivity contribution in [3.63, 3.8) is 0 Å². The molecule has 3 N–H and O–H groups in total. The number of ether oxygens (including phenoxy) is 2. The average Bonchev–Trinajstić information content (AvgIpc) is 2.65. The van der Waals surface area contributed by atoms with E-state index in [0.717, 1.165) is 52.2 Å². The molecular weight excluding hydrogens is 192 g/mol. The van der Waals surface area contributed by atoms with Gasteiger partial charge in [-0.15, -0.1) is 0 Å². The van der Waals surface area contributed by atoms with Crippen LogP contribution >= 0.6 is 0 Å². The Balaban J connectivity index is 1.80. The van der Waals surface area contributed by atoms with E-state index in [-0.39, 0.29) is 11.1 Å². The molecule has 0 saturated carbocycles. The van der Waals surface area contributed by atoms with Gasteiger partial charge in [0.15, 0.2) is 0 Å². The van der Waals surface area contributed by atoms with E-state index in [4.69, 9.17) is 15.2 Å². The van der Waals surface area contributed by atoms with Crippen LogP contribution in [0.4, 0.5) is 0 Å². The van der Waals surface area contributed by atoms with E-state index in [0.29, 0.717) is 0 Å². The molecule has 2 aliphatic heterocycles. The summed E-state index contributed by atoms with van der Waals surface area (Å²) in [6.07, 6.45) is 2.99. The summed E-state index contributed by atoms with van der Waals surface area (Å²) >= 11 is 0. The Morgan fingerprint density at radius 2 is 1.80 bits per heavy atom. The van der Waals surface area contributed by atoms with Gasteiger partial charge in [-0.3, -0.25) is 0 Å². The van der Waals surface area contributed by atoms with Gasteiger partial charge >= 0.3 is 0 Å². The van der Waals surface area contributed by atoms with Crippen molar-refractivity contribution in [3.8, 4) is 0 Å². The molecule has 2 fully saturated rings. The molecule has 2 saturated heterocycles. The Labute approximate surface area is 91.5 Å². The molecule has 1 unspecified atom stereocenters. The lowest BCUT2D eigenvalue weighted by molar-refractivity contribution is 0.0497. The largest absolute Gasteiger partial charge is 0.381 e. The maximum absolute atomic E-state index is 6.31. The van der Waals surface area contributed by atoms with Crippen molar-refractivity contribution in [2.24, 2.45) is 5.73 Å². The number of rotatable bonds is 3. The Hall–Kier alpha value is -0.160. The summed E-state index contributed by atoms with van der Waals surface area (Å²) in [7, 11) is 0. The molecule has 2 heterocycles. The van der Waals surface area contributed by atoms with Gasteiger partial charge in [-0.2, -0.15) is 0 Å². The lowest BCUT2D eigenvalue weighted by atomic mass is 9.89. The van der Waals surface area contributed by atoms with Crippen LogP contribution in [-0.4, -0.2) is 44.1 Å². The van der Waals surface area contributed by atoms with Gasteiger partial charge in [0.05, 0.1) is 6.61 Å². The smallest absolute Gasteiger partial charge is 0.0646 e. The molecule has 0 aromatic carbocycles. The van der Waals surface area contributed by atoms with Gasteiger partial charge in [-0.25, -0.2) is 0 Å². The molecule has 88 valence electrons. The fourth-order valence-corrected chi connectivity index (χ4v) is 2.15. The van der Waals surface area contributed by atoms with Crippen LogP contribution in [0.15, 0.2) is 0 Å². The SMILES string of the molecule is CC1(NCC2(N)CCOCC2)CCOC1. The highest BCUT2D eigenvalue weighted by molar-refractivity contribution is 4.94. The topological polar surface area (TPSA) is 56.5 Å².